The van der Waals surface area contributed by atoms with Crippen LogP contribution in [0.1, 0.15) is 22.3 Å². The minimum Gasteiger partial charge on any atom is -0.224 e. The Bertz CT molecular complexity index is 2450. The normalized spacial score (nSPS) is 11.4. The average molecular weight is 833 g/mol. The molecule has 0 spiro atoms. The van der Waals surface area contributed by atoms with Crippen molar-refractivity contribution >= 4 is 68.0 Å². The van der Waals surface area contributed by atoms with E-state index in [1.165, 1.54) is 21.6 Å². The Hall–Kier alpha value is -4.70. The SMILES string of the molecule is Cc1cccc(Cn2nnc(-c3cnn(-c4cccc(Cl)c4Cl)c3SSc3c(-c4nnn(Cc5cccc(C)c5)n4)cnn3-c3cccc(Cl)c3Cl)n2)c1. The molecule has 0 N–H and O–H groups in total. The van der Waals surface area contributed by atoms with Gasteiger partial charge < -0.3 is 0 Å². The summed E-state index contributed by atoms with van der Waals surface area (Å²) in [5.74, 6) is 0.755. The quantitative estimate of drug-likeness (QED) is 0.117. The van der Waals surface area contributed by atoms with E-state index < -0.39 is 0 Å². The fourth-order valence-corrected chi connectivity index (χ4v) is 8.90. The van der Waals surface area contributed by atoms with Crippen molar-refractivity contribution in [2.24, 2.45) is 0 Å². The zero-order valence-electron chi connectivity index (χ0n) is 28.3. The van der Waals surface area contributed by atoms with Crippen LogP contribution in [-0.4, -0.2) is 60.0 Å². The number of rotatable bonds is 11. The van der Waals surface area contributed by atoms with Crippen molar-refractivity contribution in [1.82, 2.24) is 60.0 Å². The van der Waals surface area contributed by atoms with E-state index in [1.807, 2.05) is 74.5 Å². The third-order valence-electron chi connectivity index (χ3n) is 8.17. The zero-order chi connectivity index (χ0) is 37.3. The summed E-state index contributed by atoms with van der Waals surface area (Å²) in [7, 11) is 2.75. The number of halogens is 4. The molecule has 0 radical (unpaired) electrons. The van der Waals surface area contributed by atoms with E-state index in [4.69, 9.17) is 66.8 Å². The molecule has 54 heavy (non-hydrogen) atoms. The highest BCUT2D eigenvalue weighted by Crippen LogP contribution is 2.47. The van der Waals surface area contributed by atoms with E-state index in [1.54, 1.807) is 43.5 Å². The molecular formula is C36H26Cl4N12S2. The van der Waals surface area contributed by atoms with Crippen LogP contribution in [0, 0.1) is 13.8 Å². The van der Waals surface area contributed by atoms with Crippen molar-refractivity contribution in [3.05, 3.63) is 140 Å². The summed E-state index contributed by atoms with van der Waals surface area (Å²) in [6.07, 6.45) is 3.36. The average Bonchev–Trinajstić information content (AvgIpc) is 3.97. The molecule has 0 atom stereocenters. The zero-order valence-corrected chi connectivity index (χ0v) is 33.0. The number of hydrogen-bond acceptors (Lipinski definition) is 10. The highest BCUT2D eigenvalue weighted by Gasteiger charge is 2.26. The first-order chi connectivity index (χ1) is 26.2. The number of nitrogens with zero attached hydrogens (tertiary/aromatic N) is 12. The van der Waals surface area contributed by atoms with Gasteiger partial charge in [-0.25, -0.2) is 9.36 Å². The van der Waals surface area contributed by atoms with Crippen LogP contribution in [0.25, 0.3) is 34.2 Å². The Morgan fingerprint density at radius 1 is 0.556 bits per heavy atom. The molecule has 0 aliphatic carbocycles. The summed E-state index contributed by atoms with van der Waals surface area (Å²) in [5, 5.41) is 39.2. The van der Waals surface area contributed by atoms with Gasteiger partial charge in [-0.2, -0.15) is 19.8 Å². The third-order valence-corrected chi connectivity index (χ3v) is 12.2. The Kier molecular flexibility index (Phi) is 10.5. The van der Waals surface area contributed by atoms with Gasteiger partial charge in [0.15, 0.2) is 0 Å². The topological polar surface area (TPSA) is 123 Å². The fourth-order valence-electron chi connectivity index (χ4n) is 5.66. The van der Waals surface area contributed by atoms with Gasteiger partial charge in [-0.05, 0) is 81.3 Å². The summed E-state index contributed by atoms with van der Waals surface area (Å²) in [4.78, 5) is 3.10. The molecule has 8 rings (SSSR count). The maximum Gasteiger partial charge on any atom is 0.209 e. The summed E-state index contributed by atoms with van der Waals surface area (Å²) in [5.41, 5.74) is 6.76. The van der Waals surface area contributed by atoms with E-state index in [9.17, 15) is 0 Å². The van der Waals surface area contributed by atoms with Crippen LogP contribution in [0.5, 0.6) is 0 Å². The summed E-state index contributed by atoms with van der Waals surface area (Å²) in [6, 6.07) is 27.0. The molecule has 0 unspecified atom stereocenters. The van der Waals surface area contributed by atoms with Crippen LogP contribution in [0.4, 0.5) is 0 Å². The number of benzene rings is 4. The van der Waals surface area contributed by atoms with E-state index in [-0.39, 0.29) is 0 Å². The van der Waals surface area contributed by atoms with Gasteiger partial charge in [0.2, 0.25) is 11.6 Å². The number of tetrazole rings is 2. The highest BCUT2D eigenvalue weighted by molar-refractivity contribution is 8.76. The van der Waals surface area contributed by atoms with E-state index in [2.05, 4.69) is 32.8 Å². The maximum absolute atomic E-state index is 6.75. The lowest BCUT2D eigenvalue weighted by molar-refractivity contribution is 0.572. The predicted molar refractivity (Wildman–Crippen MR) is 213 cm³/mol. The van der Waals surface area contributed by atoms with Crippen molar-refractivity contribution in [2.75, 3.05) is 0 Å². The molecule has 4 heterocycles. The third kappa shape index (κ3) is 7.50. The van der Waals surface area contributed by atoms with Gasteiger partial charge in [0.25, 0.3) is 0 Å². The van der Waals surface area contributed by atoms with Crippen LogP contribution in [0.2, 0.25) is 20.1 Å². The first-order valence-electron chi connectivity index (χ1n) is 16.3. The monoisotopic (exact) mass is 830 g/mol. The van der Waals surface area contributed by atoms with Crippen LogP contribution in [0.15, 0.2) is 107 Å². The van der Waals surface area contributed by atoms with Crippen molar-refractivity contribution in [3.8, 4) is 34.2 Å². The lowest BCUT2D eigenvalue weighted by Gasteiger charge is -2.13. The van der Waals surface area contributed by atoms with Gasteiger partial charge in [-0.3, -0.25) is 0 Å². The lowest BCUT2D eigenvalue weighted by Crippen LogP contribution is -2.04. The Labute approximate surface area is 336 Å². The first kappa shape index (κ1) is 36.3. The molecule has 4 aromatic carbocycles. The molecule has 0 amide bonds. The second-order valence-corrected chi connectivity index (χ2v) is 15.8. The molecule has 0 aliphatic rings. The Morgan fingerprint density at radius 3 is 1.41 bits per heavy atom. The summed E-state index contributed by atoms with van der Waals surface area (Å²) < 4.78 is 3.40. The molecule has 18 heteroatoms. The van der Waals surface area contributed by atoms with Crippen molar-refractivity contribution in [2.45, 2.75) is 37.0 Å². The molecule has 0 aliphatic heterocycles. The molecular weight excluding hydrogens is 806 g/mol. The van der Waals surface area contributed by atoms with Gasteiger partial charge in [-0.15, -0.1) is 20.4 Å². The van der Waals surface area contributed by atoms with Crippen LogP contribution in [-0.2, 0) is 13.1 Å². The van der Waals surface area contributed by atoms with Gasteiger partial charge in [0.1, 0.15) is 10.1 Å². The van der Waals surface area contributed by atoms with Gasteiger partial charge in [0.05, 0.1) is 68.1 Å². The smallest absolute Gasteiger partial charge is 0.209 e. The predicted octanol–water partition coefficient (Wildman–Crippen LogP) is 9.49. The molecule has 270 valence electrons. The second-order valence-electron chi connectivity index (χ2n) is 12.1. The lowest BCUT2D eigenvalue weighted by atomic mass is 10.1. The molecule has 8 aromatic rings. The number of aryl methyl sites for hydroxylation is 2. The second kappa shape index (κ2) is 15.6. The first-order valence-corrected chi connectivity index (χ1v) is 19.9. The van der Waals surface area contributed by atoms with Crippen molar-refractivity contribution < 1.29 is 0 Å². The fraction of sp³-hybridized carbons (Fsp3) is 0.111. The molecule has 0 saturated heterocycles. The number of aromatic nitrogens is 12. The summed E-state index contributed by atoms with van der Waals surface area (Å²) in [6.45, 7) is 4.98. The van der Waals surface area contributed by atoms with E-state index in [0.29, 0.717) is 77.4 Å². The Morgan fingerprint density at radius 2 is 0.981 bits per heavy atom. The van der Waals surface area contributed by atoms with Crippen molar-refractivity contribution in [3.63, 3.8) is 0 Å². The Balaban J connectivity index is 1.19. The molecule has 0 bridgehead atoms. The highest BCUT2D eigenvalue weighted by atomic mass is 35.5. The maximum atomic E-state index is 6.75. The van der Waals surface area contributed by atoms with Gasteiger partial charge >= 0.3 is 0 Å². The molecule has 0 saturated carbocycles. The van der Waals surface area contributed by atoms with Gasteiger partial charge in [-0.1, -0.05) is 118 Å². The van der Waals surface area contributed by atoms with Crippen LogP contribution >= 0.6 is 68.0 Å². The van der Waals surface area contributed by atoms with Gasteiger partial charge in [0, 0.05) is 0 Å². The summed E-state index contributed by atoms with van der Waals surface area (Å²) >= 11 is 26.5. The van der Waals surface area contributed by atoms with Crippen LogP contribution in [0.3, 0.4) is 0 Å². The molecule has 12 nitrogen and oxygen atoms in total. The van der Waals surface area contributed by atoms with Crippen LogP contribution < -0.4 is 0 Å². The molecule has 4 aromatic heterocycles. The minimum absolute atomic E-state index is 0.336. The largest absolute Gasteiger partial charge is 0.224 e. The molecule has 0 fully saturated rings. The van der Waals surface area contributed by atoms with E-state index >= 15 is 0 Å². The number of hydrogen-bond donors (Lipinski definition) is 0. The van der Waals surface area contributed by atoms with E-state index in [0.717, 1.165) is 22.3 Å². The van der Waals surface area contributed by atoms with Crippen molar-refractivity contribution in [1.29, 1.82) is 0 Å². The standard InChI is InChI=1S/C36H26Cl4N12S2/c1-21-7-3-9-23(15-21)19-49-45-33(43-47-49)25-17-41-51(29-13-5-11-27(37)31(29)39)35(25)53-54-36-26(18-42-52(36)30-14-6-12-28(38)32(30)40)34-44-48-50(46-34)20-24-10-4-8-22(2)16-24/h3-18H,19-20H2,1-2H3. The minimum atomic E-state index is 0.336.